The standard InChI is InChI=1S/C22H25ClN4O4S/c23-16-6-4-15(5-7-16)21(29)27-11-10-17(13-27)24-22-25-18(14-32-22)8-9-19(28)26-31-20-3-1-2-12-30-20/h4-9,14,17,20H,1-3,10-13H2,(H,24,25)(H,26,28). The predicted octanol–water partition coefficient (Wildman–Crippen LogP) is 3.71. The minimum absolute atomic E-state index is 0.000542. The highest BCUT2D eigenvalue weighted by atomic mass is 35.5. The number of nitrogens with one attached hydrogen (secondary N) is 2. The highest BCUT2D eigenvalue weighted by molar-refractivity contribution is 7.13. The van der Waals surface area contributed by atoms with Gasteiger partial charge in [0.15, 0.2) is 11.4 Å². The SMILES string of the molecule is O=C(C=Cc1csc(NC2CCN(C(=O)c3ccc(Cl)cc3)C2)n1)NOC1CCCCO1. The molecule has 8 nitrogen and oxygen atoms in total. The molecule has 2 fully saturated rings. The Kier molecular flexibility index (Phi) is 7.75. The van der Waals surface area contributed by atoms with Gasteiger partial charge < -0.3 is 15.0 Å². The van der Waals surface area contributed by atoms with E-state index in [1.807, 2.05) is 10.3 Å². The van der Waals surface area contributed by atoms with Gasteiger partial charge in [0.25, 0.3) is 11.8 Å². The second kappa shape index (κ2) is 10.9. The number of anilines is 1. The van der Waals surface area contributed by atoms with E-state index in [-0.39, 0.29) is 24.1 Å². The van der Waals surface area contributed by atoms with Crippen LogP contribution >= 0.6 is 22.9 Å². The molecule has 2 N–H and O–H groups in total. The molecule has 0 bridgehead atoms. The molecule has 2 aliphatic rings. The summed E-state index contributed by atoms with van der Waals surface area (Å²) >= 11 is 7.36. The predicted molar refractivity (Wildman–Crippen MR) is 123 cm³/mol. The van der Waals surface area contributed by atoms with Crippen molar-refractivity contribution in [3.63, 3.8) is 0 Å². The Morgan fingerprint density at radius 1 is 1.25 bits per heavy atom. The molecule has 4 rings (SSSR count). The number of carbonyl (C=O) groups excluding carboxylic acids is 2. The van der Waals surface area contributed by atoms with Crippen molar-refractivity contribution in [1.82, 2.24) is 15.4 Å². The topological polar surface area (TPSA) is 92.8 Å². The van der Waals surface area contributed by atoms with Crippen LogP contribution in [0.3, 0.4) is 0 Å². The second-order valence-electron chi connectivity index (χ2n) is 7.68. The molecule has 170 valence electrons. The zero-order valence-corrected chi connectivity index (χ0v) is 19.0. The van der Waals surface area contributed by atoms with Gasteiger partial charge in [-0.25, -0.2) is 15.3 Å². The number of aromatic nitrogens is 1. The van der Waals surface area contributed by atoms with Gasteiger partial charge in [-0.15, -0.1) is 11.3 Å². The third-order valence-electron chi connectivity index (χ3n) is 5.25. The summed E-state index contributed by atoms with van der Waals surface area (Å²) < 4.78 is 5.40. The second-order valence-corrected chi connectivity index (χ2v) is 8.97. The first-order chi connectivity index (χ1) is 15.6. The van der Waals surface area contributed by atoms with Crippen LogP contribution in [0.1, 0.15) is 41.7 Å². The number of ether oxygens (including phenoxy) is 1. The molecule has 3 heterocycles. The number of halogens is 1. The van der Waals surface area contributed by atoms with Gasteiger partial charge in [-0.3, -0.25) is 9.59 Å². The Morgan fingerprint density at radius 3 is 2.88 bits per heavy atom. The van der Waals surface area contributed by atoms with E-state index in [4.69, 9.17) is 21.2 Å². The lowest BCUT2D eigenvalue weighted by Gasteiger charge is -2.21. The number of likely N-dealkylation sites (tertiary alicyclic amines) is 1. The maximum absolute atomic E-state index is 12.6. The molecule has 1 aromatic carbocycles. The molecule has 10 heteroatoms. The number of nitrogens with zero attached hydrogens (tertiary/aromatic N) is 2. The molecule has 2 saturated heterocycles. The van der Waals surface area contributed by atoms with Gasteiger partial charge in [0.1, 0.15) is 0 Å². The number of carbonyl (C=O) groups is 2. The van der Waals surface area contributed by atoms with E-state index in [1.54, 1.807) is 30.3 Å². The fourth-order valence-electron chi connectivity index (χ4n) is 3.56. The molecule has 2 amide bonds. The quantitative estimate of drug-likeness (QED) is 0.467. The van der Waals surface area contributed by atoms with Crippen molar-refractivity contribution in [3.8, 4) is 0 Å². The van der Waals surface area contributed by atoms with E-state index >= 15 is 0 Å². The molecule has 2 atom stereocenters. The van der Waals surface area contributed by atoms with Crippen LogP contribution in [-0.4, -0.2) is 53.7 Å². The zero-order valence-electron chi connectivity index (χ0n) is 17.5. The maximum atomic E-state index is 12.6. The van der Waals surface area contributed by atoms with Gasteiger partial charge in [-0.1, -0.05) is 11.6 Å². The number of hydrogen-bond acceptors (Lipinski definition) is 7. The van der Waals surface area contributed by atoms with Crippen LogP contribution in [0, 0.1) is 0 Å². The third kappa shape index (κ3) is 6.29. The van der Waals surface area contributed by atoms with Crippen molar-refractivity contribution in [2.24, 2.45) is 0 Å². The van der Waals surface area contributed by atoms with Crippen LogP contribution in [-0.2, 0) is 14.4 Å². The summed E-state index contributed by atoms with van der Waals surface area (Å²) in [5.41, 5.74) is 3.69. The lowest BCUT2D eigenvalue weighted by Crippen LogP contribution is -2.32. The van der Waals surface area contributed by atoms with Crippen LogP contribution in [0.15, 0.2) is 35.7 Å². The summed E-state index contributed by atoms with van der Waals surface area (Å²) in [5.74, 6) is -0.366. The molecular formula is C22H25ClN4O4S. The van der Waals surface area contributed by atoms with Gasteiger partial charge in [0.05, 0.1) is 5.69 Å². The van der Waals surface area contributed by atoms with E-state index in [0.717, 1.165) is 30.8 Å². The lowest BCUT2D eigenvalue weighted by molar-refractivity contribution is -0.198. The maximum Gasteiger partial charge on any atom is 0.267 e. The van der Waals surface area contributed by atoms with Crippen molar-refractivity contribution in [2.45, 2.75) is 38.0 Å². The minimum Gasteiger partial charge on any atom is -0.357 e. The minimum atomic E-state index is -0.381. The molecule has 2 aliphatic heterocycles. The van der Waals surface area contributed by atoms with E-state index in [0.29, 0.717) is 36.0 Å². The molecule has 0 radical (unpaired) electrons. The Hall–Kier alpha value is -2.46. The molecule has 0 spiro atoms. The average Bonchev–Trinajstić information content (AvgIpc) is 3.47. The summed E-state index contributed by atoms with van der Waals surface area (Å²) in [6.45, 7) is 1.94. The normalized spacial score (nSPS) is 21.1. The van der Waals surface area contributed by atoms with Gasteiger partial charge in [-0.05, 0) is 49.6 Å². The molecule has 0 saturated carbocycles. The van der Waals surface area contributed by atoms with Gasteiger partial charge in [0, 0.05) is 54.2 Å². The summed E-state index contributed by atoms with van der Waals surface area (Å²) in [4.78, 5) is 36.1. The van der Waals surface area contributed by atoms with Crippen molar-refractivity contribution in [2.75, 3.05) is 25.0 Å². The Balaban J connectivity index is 1.22. The van der Waals surface area contributed by atoms with E-state index < -0.39 is 0 Å². The van der Waals surface area contributed by atoms with Crippen LogP contribution in [0.2, 0.25) is 5.02 Å². The fourth-order valence-corrected chi connectivity index (χ4v) is 4.45. The Morgan fingerprint density at radius 2 is 2.09 bits per heavy atom. The van der Waals surface area contributed by atoms with Crippen LogP contribution in [0.5, 0.6) is 0 Å². The van der Waals surface area contributed by atoms with Crippen LogP contribution in [0.25, 0.3) is 6.08 Å². The molecule has 2 unspecified atom stereocenters. The van der Waals surface area contributed by atoms with Gasteiger partial charge in [-0.2, -0.15) is 0 Å². The molecule has 1 aromatic heterocycles. The van der Waals surface area contributed by atoms with Crippen LogP contribution < -0.4 is 10.8 Å². The summed E-state index contributed by atoms with van der Waals surface area (Å²) in [6.07, 6.45) is 6.29. The summed E-state index contributed by atoms with van der Waals surface area (Å²) in [7, 11) is 0. The number of rotatable bonds is 7. The monoisotopic (exact) mass is 476 g/mol. The first-order valence-electron chi connectivity index (χ1n) is 10.6. The number of hydrogen-bond donors (Lipinski definition) is 2. The van der Waals surface area contributed by atoms with Crippen molar-refractivity contribution in [3.05, 3.63) is 52.0 Å². The number of thiazole rings is 1. The smallest absolute Gasteiger partial charge is 0.267 e. The summed E-state index contributed by atoms with van der Waals surface area (Å²) in [6, 6.07) is 7.06. The third-order valence-corrected chi connectivity index (χ3v) is 6.29. The number of hydroxylamine groups is 1. The number of amides is 2. The molecule has 0 aliphatic carbocycles. The average molecular weight is 477 g/mol. The zero-order chi connectivity index (χ0) is 22.3. The fraction of sp³-hybridized carbons (Fsp3) is 0.409. The number of benzene rings is 1. The Bertz CT molecular complexity index is 959. The summed E-state index contributed by atoms with van der Waals surface area (Å²) in [5, 5.41) is 6.61. The van der Waals surface area contributed by atoms with E-state index in [9.17, 15) is 9.59 Å². The van der Waals surface area contributed by atoms with Crippen molar-refractivity contribution in [1.29, 1.82) is 0 Å². The first-order valence-corrected chi connectivity index (χ1v) is 11.8. The largest absolute Gasteiger partial charge is 0.357 e. The van der Waals surface area contributed by atoms with Gasteiger partial charge >= 0.3 is 0 Å². The van der Waals surface area contributed by atoms with Crippen LogP contribution in [0.4, 0.5) is 5.13 Å². The van der Waals surface area contributed by atoms with E-state index in [2.05, 4.69) is 15.8 Å². The molecular weight excluding hydrogens is 452 g/mol. The molecule has 32 heavy (non-hydrogen) atoms. The Labute approximate surface area is 195 Å². The van der Waals surface area contributed by atoms with Gasteiger partial charge in [0.2, 0.25) is 0 Å². The molecule has 2 aromatic rings. The highest BCUT2D eigenvalue weighted by Crippen LogP contribution is 2.22. The van der Waals surface area contributed by atoms with E-state index in [1.165, 1.54) is 17.4 Å². The van der Waals surface area contributed by atoms with Crippen molar-refractivity contribution >= 4 is 46.0 Å². The highest BCUT2D eigenvalue weighted by Gasteiger charge is 2.27. The first kappa shape index (κ1) is 22.7. The lowest BCUT2D eigenvalue weighted by atomic mass is 10.2. The van der Waals surface area contributed by atoms with Crippen molar-refractivity contribution < 1.29 is 19.2 Å².